The van der Waals surface area contributed by atoms with Gasteiger partial charge in [-0.1, -0.05) is 0 Å². The van der Waals surface area contributed by atoms with Gasteiger partial charge >= 0.3 is 5.97 Å². The van der Waals surface area contributed by atoms with Crippen LogP contribution in [0, 0.1) is 0 Å². The Bertz CT molecular complexity index is 693. The fourth-order valence-electron chi connectivity index (χ4n) is 2.20. The number of carbonyl (C=O) groups is 2. The van der Waals surface area contributed by atoms with E-state index in [4.69, 9.17) is 9.15 Å². The van der Waals surface area contributed by atoms with Crippen LogP contribution in [-0.2, 0) is 16.1 Å². The number of benzene rings is 1. The number of rotatable bonds is 7. The smallest absolute Gasteiger partial charge is 0.373 e. The Balaban J connectivity index is 1.84. The van der Waals surface area contributed by atoms with Crippen LogP contribution in [-0.4, -0.2) is 39.7 Å². The van der Waals surface area contributed by atoms with E-state index in [9.17, 15) is 9.59 Å². The largest absolute Gasteiger partial charge is 0.497 e. The zero-order valence-electron chi connectivity index (χ0n) is 13.9. The molecule has 1 aromatic carbocycles. The van der Waals surface area contributed by atoms with Gasteiger partial charge in [0.2, 0.25) is 5.76 Å². The lowest BCUT2D eigenvalue weighted by atomic mass is 10.3. The minimum atomic E-state index is -0.517. The molecule has 7 nitrogen and oxygen atoms in total. The number of hydrogen-bond donors (Lipinski definition) is 2. The first-order valence-corrected chi connectivity index (χ1v) is 7.44. The second kappa shape index (κ2) is 8.16. The molecule has 0 aliphatic heterocycles. The molecule has 0 spiro atoms. The van der Waals surface area contributed by atoms with E-state index in [0.29, 0.717) is 18.0 Å². The molecule has 0 aliphatic carbocycles. The molecule has 0 aliphatic rings. The highest BCUT2D eigenvalue weighted by molar-refractivity contribution is 5.91. The van der Waals surface area contributed by atoms with Crippen LogP contribution in [0.5, 0.6) is 5.75 Å². The van der Waals surface area contributed by atoms with Crippen LogP contribution in [0.2, 0.25) is 0 Å². The monoisotopic (exact) mass is 333 g/mol. The summed E-state index contributed by atoms with van der Waals surface area (Å²) in [5.41, 5.74) is 0.708. The van der Waals surface area contributed by atoms with Crippen molar-refractivity contribution in [2.24, 2.45) is 0 Å². The van der Waals surface area contributed by atoms with Crippen molar-refractivity contribution in [3.8, 4) is 5.75 Å². The molecule has 0 radical (unpaired) electrons. The first-order chi connectivity index (χ1) is 11.5. The topological polar surface area (TPSA) is 82.2 Å². The molecule has 1 atom stereocenters. The molecule has 128 valence electrons. The van der Waals surface area contributed by atoms with Crippen molar-refractivity contribution in [2.45, 2.75) is 6.54 Å². The molecule has 1 unspecified atom stereocenters. The van der Waals surface area contributed by atoms with Gasteiger partial charge in [-0.25, -0.2) is 4.79 Å². The van der Waals surface area contributed by atoms with Crippen LogP contribution in [0.1, 0.15) is 16.3 Å². The molecule has 1 heterocycles. The molecule has 0 bridgehead atoms. The molecule has 2 N–H and O–H groups in total. The summed E-state index contributed by atoms with van der Waals surface area (Å²) in [6.07, 6.45) is 0. The first kappa shape index (κ1) is 17.6. The number of esters is 1. The number of nitrogens with one attached hydrogen (secondary N) is 2. The Labute approximate surface area is 140 Å². The van der Waals surface area contributed by atoms with Crippen LogP contribution in [0.3, 0.4) is 0 Å². The van der Waals surface area contributed by atoms with Crippen molar-refractivity contribution >= 4 is 17.6 Å². The summed E-state index contributed by atoms with van der Waals surface area (Å²) in [6.45, 7) is 0.743. The van der Waals surface area contributed by atoms with Crippen LogP contribution in [0.25, 0.3) is 0 Å². The van der Waals surface area contributed by atoms with Gasteiger partial charge < -0.3 is 24.1 Å². The Morgan fingerprint density at radius 2 is 1.83 bits per heavy atom. The number of quaternary nitrogens is 1. The number of hydrogen-bond acceptors (Lipinski definition) is 5. The third kappa shape index (κ3) is 4.85. The lowest BCUT2D eigenvalue weighted by molar-refractivity contribution is -0.886. The van der Waals surface area contributed by atoms with Gasteiger partial charge in [0, 0.05) is 5.69 Å². The van der Waals surface area contributed by atoms with Gasteiger partial charge in [-0.2, -0.15) is 0 Å². The third-order valence-corrected chi connectivity index (χ3v) is 3.36. The first-order valence-electron chi connectivity index (χ1n) is 7.44. The van der Waals surface area contributed by atoms with Gasteiger partial charge in [0.05, 0.1) is 21.3 Å². The number of amides is 1. The predicted molar refractivity (Wildman–Crippen MR) is 87.1 cm³/mol. The number of ether oxygens (including phenoxy) is 2. The molecule has 24 heavy (non-hydrogen) atoms. The molecule has 7 heteroatoms. The average molecular weight is 333 g/mol. The number of methoxy groups -OCH3 is 2. The molecule has 0 saturated carbocycles. The fourth-order valence-corrected chi connectivity index (χ4v) is 2.20. The summed E-state index contributed by atoms with van der Waals surface area (Å²) >= 11 is 0. The van der Waals surface area contributed by atoms with Crippen molar-refractivity contribution in [3.05, 3.63) is 47.9 Å². The summed E-state index contributed by atoms with van der Waals surface area (Å²) in [5, 5.41) is 2.82. The Kier molecular flexibility index (Phi) is 5.97. The Hall–Kier alpha value is -2.80. The Morgan fingerprint density at radius 3 is 2.46 bits per heavy atom. The average Bonchev–Trinajstić information content (AvgIpc) is 3.02. The van der Waals surface area contributed by atoms with E-state index in [1.54, 1.807) is 43.5 Å². The zero-order valence-corrected chi connectivity index (χ0v) is 13.9. The summed E-state index contributed by atoms with van der Waals surface area (Å²) < 4.78 is 15.1. The maximum atomic E-state index is 12.1. The molecule has 1 amide bonds. The number of anilines is 1. The maximum absolute atomic E-state index is 12.1. The van der Waals surface area contributed by atoms with E-state index < -0.39 is 5.97 Å². The van der Waals surface area contributed by atoms with Gasteiger partial charge in [0.1, 0.15) is 12.3 Å². The zero-order chi connectivity index (χ0) is 17.5. The van der Waals surface area contributed by atoms with Gasteiger partial charge in [0.15, 0.2) is 12.3 Å². The number of likely N-dealkylation sites (N-methyl/N-ethyl adjacent to an activating group) is 1. The Morgan fingerprint density at radius 1 is 1.12 bits per heavy atom. The van der Waals surface area contributed by atoms with Crippen LogP contribution < -0.4 is 15.0 Å². The van der Waals surface area contributed by atoms with Crippen molar-refractivity contribution in [1.29, 1.82) is 0 Å². The molecule has 2 aromatic rings. The fraction of sp³-hybridized carbons (Fsp3) is 0.294. The highest BCUT2D eigenvalue weighted by atomic mass is 16.5. The molecule has 1 aromatic heterocycles. The molecular formula is C17H21N2O5+. The van der Waals surface area contributed by atoms with E-state index in [1.165, 1.54) is 7.11 Å². The normalized spacial score (nSPS) is 11.6. The minimum absolute atomic E-state index is 0.114. The van der Waals surface area contributed by atoms with E-state index >= 15 is 0 Å². The second-order valence-corrected chi connectivity index (χ2v) is 5.34. The maximum Gasteiger partial charge on any atom is 0.373 e. The van der Waals surface area contributed by atoms with E-state index in [0.717, 1.165) is 10.6 Å². The SMILES string of the molecule is COC(=O)c1ccc(C[NH+](C)CC(=O)Nc2ccc(OC)cc2)o1. The quantitative estimate of drug-likeness (QED) is 0.730. The lowest BCUT2D eigenvalue weighted by Crippen LogP contribution is -3.08. The van der Waals surface area contributed by atoms with Crippen LogP contribution in [0.4, 0.5) is 5.69 Å². The van der Waals surface area contributed by atoms with E-state index in [2.05, 4.69) is 10.1 Å². The van der Waals surface area contributed by atoms with Crippen LogP contribution in [0.15, 0.2) is 40.8 Å². The van der Waals surface area contributed by atoms with E-state index in [1.807, 2.05) is 7.05 Å². The highest BCUT2D eigenvalue weighted by Gasteiger charge is 2.16. The molecular weight excluding hydrogens is 312 g/mol. The predicted octanol–water partition coefficient (Wildman–Crippen LogP) is 0.728. The molecule has 0 saturated heterocycles. The van der Waals surface area contributed by atoms with Gasteiger partial charge in [-0.3, -0.25) is 4.79 Å². The van der Waals surface area contributed by atoms with E-state index in [-0.39, 0.29) is 18.2 Å². The van der Waals surface area contributed by atoms with Crippen molar-refractivity contribution in [2.75, 3.05) is 33.1 Å². The molecule has 0 fully saturated rings. The number of carbonyl (C=O) groups excluding carboxylic acids is 2. The van der Waals surface area contributed by atoms with Crippen LogP contribution >= 0.6 is 0 Å². The number of furan rings is 1. The standard InChI is InChI=1S/C17H20N2O5/c1-19(10-14-8-9-15(24-14)17(21)23-3)11-16(20)18-12-4-6-13(22-2)7-5-12/h4-9H,10-11H2,1-3H3,(H,18,20)/p+1. The second-order valence-electron chi connectivity index (χ2n) is 5.34. The van der Waals surface area contributed by atoms with Gasteiger partial charge in [-0.05, 0) is 36.4 Å². The van der Waals surface area contributed by atoms with Gasteiger partial charge in [-0.15, -0.1) is 0 Å². The third-order valence-electron chi connectivity index (χ3n) is 3.36. The van der Waals surface area contributed by atoms with Gasteiger partial charge in [0.25, 0.3) is 5.91 Å². The highest BCUT2D eigenvalue weighted by Crippen LogP contribution is 2.14. The molecule has 2 rings (SSSR count). The summed E-state index contributed by atoms with van der Waals surface area (Å²) in [6, 6.07) is 10.4. The minimum Gasteiger partial charge on any atom is -0.497 e. The van der Waals surface area contributed by atoms with Crippen molar-refractivity contribution in [1.82, 2.24) is 0 Å². The van der Waals surface area contributed by atoms with Crippen molar-refractivity contribution < 1.29 is 28.4 Å². The summed E-state index contributed by atoms with van der Waals surface area (Å²) in [7, 11) is 4.76. The van der Waals surface area contributed by atoms with Crippen molar-refractivity contribution in [3.63, 3.8) is 0 Å². The summed E-state index contributed by atoms with van der Waals surface area (Å²) in [5.74, 6) is 0.872. The summed E-state index contributed by atoms with van der Waals surface area (Å²) in [4.78, 5) is 24.3. The lowest BCUT2D eigenvalue weighted by Gasteiger charge is -2.12.